The van der Waals surface area contributed by atoms with Gasteiger partial charge in [-0.3, -0.25) is 14.6 Å². The number of nitrogens with zero attached hydrogens (tertiary/aromatic N) is 4. The van der Waals surface area contributed by atoms with Gasteiger partial charge in [0.25, 0.3) is 5.91 Å². The number of pyridine rings is 2. The number of aromatic nitrogens is 4. The van der Waals surface area contributed by atoms with E-state index in [1.165, 1.54) is 47.7 Å². The first-order chi connectivity index (χ1) is 16.6. The summed E-state index contributed by atoms with van der Waals surface area (Å²) in [4.78, 5) is 33.5. The Labute approximate surface area is 198 Å². The molecule has 1 aromatic carbocycles. The van der Waals surface area contributed by atoms with E-state index in [1.54, 1.807) is 18.2 Å². The molecule has 2 atom stereocenters. The van der Waals surface area contributed by atoms with Crippen LogP contribution in [0, 0.1) is 11.7 Å². The van der Waals surface area contributed by atoms with Crippen LogP contribution in [0.2, 0.25) is 0 Å². The number of sulfone groups is 1. The summed E-state index contributed by atoms with van der Waals surface area (Å²) in [5, 5.41) is 7.49. The predicted octanol–water partition coefficient (Wildman–Crippen LogP) is 1.49. The minimum atomic E-state index is -3.62. The number of primary amides is 1. The van der Waals surface area contributed by atoms with Gasteiger partial charge in [0.1, 0.15) is 5.82 Å². The Morgan fingerprint density at radius 2 is 1.91 bits per heavy atom. The van der Waals surface area contributed by atoms with Gasteiger partial charge in [0, 0.05) is 24.0 Å². The molecule has 1 fully saturated rings. The van der Waals surface area contributed by atoms with Crippen LogP contribution in [0.3, 0.4) is 0 Å². The van der Waals surface area contributed by atoms with Crippen molar-refractivity contribution in [1.29, 1.82) is 0 Å². The summed E-state index contributed by atoms with van der Waals surface area (Å²) in [5.41, 5.74) is 6.07. The third kappa shape index (κ3) is 3.91. The molecule has 0 aliphatic heterocycles. The van der Waals surface area contributed by atoms with Crippen molar-refractivity contribution in [2.24, 2.45) is 11.7 Å². The van der Waals surface area contributed by atoms with Gasteiger partial charge < -0.3 is 11.1 Å². The fourth-order valence-electron chi connectivity index (χ4n) is 4.21. The van der Waals surface area contributed by atoms with E-state index >= 15 is 0 Å². The highest BCUT2D eigenvalue weighted by atomic mass is 32.2. The summed E-state index contributed by atoms with van der Waals surface area (Å²) in [6.07, 6.45) is 6.94. The Balaban J connectivity index is 1.53. The van der Waals surface area contributed by atoms with E-state index in [-0.39, 0.29) is 17.0 Å². The Kier molecular flexibility index (Phi) is 5.13. The topological polar surface area (TPSA) is 150 Å². The number of nitrogens with one attached hydrogen (secondary N) is 1. The largest absolute Gasteiger partial charge is 0.369 e. The van der Waals surface area contributed by atoms with Crippen LogP contribution in [0.25, 0.3) is 16.6 Å². The lowest BCUT2D eigenvalue weighted by Crippen LogP contribution is -2.39. The molecular weight excluding hydrogens is 475 g/mol. The summed E-state index contributed by atoms with van der Waals surface area (Å²) in [5.74, 6) is -2.28. The highest BCUT2D eigenvalue weighted by Gasteiger charge is 2.60. The highest BCUT2D eigenvalue weighted by Crippen LogP contribution is 2.52. The molecule has 0 saturated heterocycles. The second-order valence-corrected chi connectivity index (χ2v) is 10.4. The van der Waals surface area contributed by atoms with Gasteiger partial charge in [-0.2, -0.15) is 5.10 Å². The monoisotopic (exact) mass is 494 g/mol. The molecule has 2 unspecified atom stereocenters. The zero-order valence-corrected chi connectivity index (χ0v) is 19.2. The molecule has 2 amide bonds. The number of hydrogen-bond donors (Lipinski definition) is 2. The van der Waals surface area contributed by atoms with Crippen molar-refractivity contribution in [2.45, 2.75) is 17.0 Å². The van der Waals surface area contributed by atoms with Crippen LogP contribution in [-0.2, 0) is 20.2 Å². The van der Waals surface area contributed by atoms with Crippen molar-refractivity contribution in [3.05, 3.63) is 78.1 Å². The third-order valence-electron chi connectivity index (χ3n) is 6.08. The second-order valence-electron chi connectivity index (χ2n) is 8.39. The van der Waals surface area contributed by atoms with E-state index in [9.17, 15) is 22.4 Å². The minimum absolute atomic E-state index is 0.178. The number of fused-ring (bicyclic) bond motifs is 1. The zero-order valence-electron chi connectivity index (χ0n) is 18.3. The van der Waals surface area contributed by atoms with Crippen LogP contribution in [0.1, 0.15) is 22.3 Å². The molecule has 0 radical (unpaired) electrons. The van der Waals surface area contributed by atoms with Gasteiger partial charge in [-0.25, -0.2) is 22.5 Å². The fourth-order valence-corrected chi connectivity index (χ4v) is 4.80. The first kappa shape index (κ1) is 22.6. The molecule has 12 heteroatoms. The summed E-state index contributed by atoms with van der Waals surface area (Å²) < 4.78 is 38.8. The number of benzene rings is 1. The summed E-state index contributed by atoms with van der Waals surface area (Å²) in [6, 6.07) is 8.58. The van der Waals surface area contributed by atoms with Crippen LogP contribution >= 0.6 is 0 Å². The van der Waals surface area contributed by atoms with Gasteiger partial charge >= 0.3 is 0 Å². The lowest BCUT2D eigenvalue weighted by molar-refractivity contribution is -0.119. The van der Waals surface area contributed by atoms with Gasteiger partial charge in [0.05, 0.1) is 40.6 Å². The number of rotatable bonds is 6. The lowest BCUT2D eigenvalue weighted by Gasteiger charge is -2.20. The number of halogens is 1. The SMILES string of the molecule is CS(=O)(=O)c1cc(C2(NC(=O)c3cncc4c3cnn4-c3ccc(F)cc3)CC2C(N)=O)ccn1. The molecule has 1 aliphatic carbocycles. The summed E-state index contributed by atoms with van der Waals surface area (Å²) in [6.45, 7) is 0. The molecule has 3 aromatic heterocycles. The number of hydrogen-bond acceptors (Lipinski definition) is 7. The van der Waals surface area contributed by atoms with Gasteiger partial charge in [-0.15, -0.1) is 0 Å². The second kappa shape index (κ2) is 7.94. The quantitative estimate of drug-likeness (QED) is 0.412. The summed E-state index contributed by atoms with van der Waals surface area (Å²) >= 11 is 0. The molecular formula is C23H19FN6O4S. The average Bonchev–Trinajstić information content (AvgIpc) is 3.40. The lowest BCUT2D eigenvalue weighted by atomic mass is 10.0. The number of amides is 2. The first-order valence-corrected chi connectivity index (χ1v) is 12.4. The Morgan fingerprint density at radius 1 is 1.17 bits per heavy atom. The average molecular weight is 495 g/mol. The van der Waals surface area contributed by atoms with Crippen molar-refractivity contribution >= 4 is 32.6 Å². The van der Waals surface area contributed by atoms with Crippen molar-refractivity contribution in [1.82, 2.24) is 25.1 Å². The van der Waals surface area contributed by atoms with Gasteiger partial charge in [-0.1, -0.05) is 0 Å². The normalized spacial score (nSPS) is 19.4. The molecule has 1 aliphatic rings. The van der Waals surface area contributed by atoms with Gasteiger partial charge in [0.2, 0.25) is 5.91 Å². The van der Waals surface area contributed by atoms with Crippen molar-refractivity contribution in [2.75, 3.05) is 6.26 Å². The number of carbonyl (C=O) groups is 2. The van der Waals surface area contributed by atoms with E-state index < -0.39 is 38.9 Å². The molecule has 5 rings (SSSR count). The smallest absolute Gasteiger partial charge is 0.254 e. The molecule has 10 nitrogen and oxygen atoms in total. The number of carbonyl (C=O) groups excluding carboxylic acids is 2. The minimum Gasteiger partial charge on any atom is -0.369 e. The van der Waals surface area contributed by atoms with Crippen LogP contribution in [-0.4, -0.2) is 46.2 Å². The zero-order chi connectivity index (χ0) is 25.0. The van der Waals surface area contributed by atoms with E-state index in [1.807, 2.05) is 0 Å². The fraction of sp³-hybridized carbons (Fsp3) is 0.174. The molecule has 3 N–H and O–H groups in total. The number of nitrogens with two attached hydrogens (primary N) is 1. The molecule has 0 bridgehead atoms. The molecule has 4 aromatic rings. The molecule has 178 valence electrons. The Morgan fingerprint density at radius 3 is 2.57 bits per heavy atom. The molecule has 0 spiro atoms. The maximum Gasteiger partial charge on any atom is 0.254 e. The molecule has 1 saturated carbocycles. The van der Waals surface area contributed by atoms with E-state index in [0.717, 1.165) is 6.26 Å². The summed E-state index contributed by atoms with van der Waals surface area (Å²) in [7, 11) is -3.62. The first-order valence-electron chi connectivity index (χ1n) is 10.5. The van der Waals surface area contributed by atoms with Crippen LogP contribution in [0.5, 0.6) is 0 Å². The Hall–Kier alpha value is -4.19. The van der Waals surface area contributed by atoms with E-state index in [2.05, 4.69) is 20.4 Å². The molecule has 3 heterocycles. The molecule has 35 heavy (non-hydrogen) atoms. The predicted molar refractivity (Wildman–Crippen MR) is 123 cm³/mol. The van der Waals surface area contributed by atoms with Crippen molar-refractivity contribution in [3.63, 3.8) is 0 Å². The third-order valence-corrected chi connectivity index (χ3v) is 7.07. The maximum atomic E-state index is 13.4. The van der Waals surface area contributed by atoms with Crippen LogP contribution in [0.15, 0.2) is 66.2 Å². The van der Waals surface area contributed by atoms with Crippen LogP contribution < -0.4 is 11.1 Å². The Bertz CT molecular complexity index is 1600. The standard InChI is InChI=1S/C23H19FN6O4S/c1-35(33,34)20-8-13(6-7-27-20)23(9-18(23)21(25)31)29-22(32)17-10-26-12-19-16(17)11-28-30(19)15-4-2-14(24)3-5-15/h2-8,10-12,18H,9H2,1H3,(H2,25,31)(H,29,32). The van der Waals surface area contributed by atoms with Gasteiger partial charge in [0.15, 0.2) is 14.9 Å². The van der Waals surface area contributed by atoms with Crippen molar-refractivity contribution < 1.29 is 22.4 Å². The van der Waals surface area contributed by atoms with E-state index in [4.69, 9.17) is 5.73 Å². The van der Waals surface area contributed by atoms with Crippen molar-refractivity contribution in [3.8, 4) is 5.69 Å². The van der Waals surface area contributed by atoms with E-state index in [0.29, 0.717) is 22.2 Å². The van der Waals surface area contributed by atoms with Crippen LogP contribution in [0.4, 0.5) is 4.39 Å². The highest BCUT2D eigenvalue weighted by molar-refractivity contribution is 7.90. The maximum absolute atomic E-state index is 13.4. The van der Waals surface area contributed by atoms with Gasteiger partial charge in [-0.05, 0) is 48.4 Å².